The van der Waals surface area contributed by atoms with Gasteiger partial charge in [-0.25, -0.2) is 0 Å². The fourth-order valence-corrected chi connectivity index (χ4v) is 2.15. The SMILES string of the molecule is NCc1ccc2cccc(-c3ccccc3)c2n1. The van der Waals surface area contributed by atoms with Gasteiger partial charge in [0.2, 0.25) is 0 Å². The molecule has 2 N–H and O–H groups in total. The highest BCUT2D eigenvalue weighted by atomic mass is 14.7. The normalized spacial score (nSPS) is 10.7. The van der Waals surface area contributed by atoms with Crippen LogP contribution in [0.3, 0.4) is 0 Å². The molecule has 2 heteroatoms. The molecule has 0 aliphatic heterocycles. The minimum Gasteiger partial charge on any atom is -0.325 e. The molecule has 3 aromatic rings. The Morgan fingerprint density at radius 1 is 0.833 bits per heavy atom. The molecule has 0 radical (unpaired) electrons. The summed E-state index contributed by atoms with van der Waals surface area (Å²) in [5.41, 5.74) is 9.95. The number of fused-ring (bicyclic) bond motifs is 1. The van der Waals surface area contributed by atoms with Gasteiger partial charge in [-0.2, -0.15) is 0 Å². The van der Waals surface area contributed by atoms with Crippen molar-refractivity contribution in [2.24, 2.45) is 5.73 Å². The summed E-state index contributed by atoms with van der Waals surface area (Å²) in [5.74, 6) is 0. The second-order valence-corrected chi connectivity index (χ2v) is 4.25. The third-order valence-electron chi connectivity index (χ3n) is 3.07. The van der Waals surface area contributed by atoms with E-state index in [9.17, 15) is 0 Å². The average molecular weight is 234 g/mol. The zero-order valence-corrected chi connectivity index (χ0v) is 10.0. The van der Waals surface area contributed by atoms with Crippen LogP contribution in [-0.2, 0) is 6.54 Å². The van der Waals surface area contributed by atoms with Crippen molar-refractivity contribution in [1.29, 1.82) is 0 Å². The second kappa shape index (κ2) is 4.59. The van der Waals surface area contributed by atoms with Gasteiger partial charge >= 0.3 is 0 Å². The lowest BCUT2D eigenvalue weighted by atomic mass is 10.0. The van der Waals surface area contributed by atoms with Crippen molar-refractivity contribution >= 4 is 10.9 Å². The van der Waals surface area contributed by atoms with Gasteiger partial charge in [0, 0.05) is 17.5 Å². The Bertz CT molecular complexity index is 675. The van der Waals surface area contributed by atoms with Gasteiger partial charge in [-0.3, -0.25) is 4.98 Å². The number of nitrogens with zero attached hydrogens (tertiary/aromatic N) is 1. The molecule has 0 aliphatic carbocycles. The van der Waals surface area contributed by atoms with Crippen molar-refractivity contribution in [2.45, 2.75) is 6.54 Å². The van der Waals surface area contributed by atoms with E-state index in [0.29, 0.717) is 6.54 Å². The summed E-state index contributed by atoms with van der Waals surface area (Å²) in [5, 5.41) is 1.15. The maximum atomic E-state index is 5.67. The maximum absolute atomic E-state index is 5.67. The summed E-state index contributed by atoms with van der Waals surface area (Å²) in [4.78, 5) is 4.65. The third kappa shape index (κ3) is 1.87. The minimum atomic E-state index is 0.471. The predicted octanol–water partition coefficient (Wildman–Crippen LogP) is 3.36. The van der Waals surface area contributed by atoms with E-state index >= 15 is 0 Å². The Hall–Kier alpha value is -2.19. The quantitative estimate of drug-likeness (QED) is 0.738. The fraction of sp³-hybridized carbons (Fsp3) is 0.0625. The van der Waals surface area contributed by atoms with Crippen LogP contribution in [0.2, 0.25) is 0 Å². The zero-order valence-electron chi connectivity index (χ0n) is 10.0. The number of nitrogens with two attached hydrogens (primary N) is 1. The predicted molar refractivity (Wildman–Crippen MR) is 75.1 cm³/mol. The molecule has 1 aromatic heterocycles. The van der Waals surface area contributed by atoms with Gasteiger partial charge < -0.3 is 5.73 Å². The molecule has 18 heavy (non-hydrogen) atoms. The molecule has 0 spiro atoms. The van der Waals surface area contributed by atoms with E-state index in [1.54, 1.807) is 0 Å². The fourth-order valence-electron chi connectivity index (χ4n) is 2.15. The summed E-state index contributed by atoms with van der Waals surface area (Å²) >= 11 is 0. The Morgan fingerprint density at radius 3 is 2.44 bits per heavy atom. The van der Waals surface area contributed by atoms with Crippen LogP contribution in [0.15, 0.2) is 60.7 Å². The number of aromatic nitrogens is 1. The smallest absolute Gasteiger partial charge is 0.0784 e. The van der Waals surface area contributed by atoms with Crippen LogP contribution in [0.25, 0.3) is 22.0 Å². The minimum absolute atomic E-state index is 0.471. The van der Waals surface area contributed by atoms with Crippen LogP contribution in [0.1, 0.15) is 5.69 Å². The molecular weight excluding hydrogens is 220 g/mol. The Morgan fingerprint density at radius 2 is 1.67 bits per heavy atom. The van der Waals surface area contributed by atoms with Gasteiger partial charge in [-0.15, -0.1) is 0 Å². The molecule has 0 aliphatic rings. The Balaban J connectivity index is 2.29. The summed E-state index contributed by atoms with van der Waals surface area (Å²) in [7, 11) is 0. The Labute approximate surface area is 106 Å². The largest absolute Gasteiger partial charge is 0.325 e. The first-order valence-corrected chi connectivity index (χ1v) is 6.02. The van der Waals surface area contributed by atoms with Gasteiger partial charge in [-0.1, -0.05) is 54.6 Å². The van der Waals surface area contributed by atoms with Crippen LogP contribution in [0.4, 0.5) is 0 Å². The lowest BCUT2D eigenvalue weighted by molar-refractivity contribution is 1.01. The highest BCUT2D eigenvalue weighted by Gasteiger charge is 2.05. The summed E-state index contributed by atoms with van der Waals surface area (Å²) in [6, 6.07) is 20.6. The van der Waals surface area contributed by atoms with Crippen molar-refractivity contribution < 1.29 is 0 Å². The van der Waals surface area contributed by atoms with E-state index in [4.69, 9.17) is 5.73 Å². The lowest BCUT2D eigenvalue weighted by Gasteiger charge is -2.07. The van der Waals surface area contributed by atoms with Crippen LogP contribution in [-0.4, -0.2) is 4.98 Å². The highest BCUT2D eigenvalue weighted by Crippen LogP contribution is 2.27. The molecule has 0 unspecified atom stereocenters. The van der Waals surface area contributed by atoms with E-state index in [2.05, 4.69) is 41.4 Å². The van der Waals surface area contributed by atoms with Crippen molar-refractivity contribution in [2.75, 3.05) is 0 Å². The molecule has 0 atom stereocenters. The monoisotopic (exact) mass is 234 g/mol. The first-order valence-electron chi connectivity index (χ1n) is 6.02. The molecule has 88 valence electrons. The molecular formula is C16H14N2. The van der Waals surface area contributed by atoms with E-state index in [1.807, 2.05) is 24.3 Å². The Kier molecular flexibility index (Phi) is 2.79. The van der Waals surface area contributed by atoms with E-state index in [1.165, 1.54) is 5.56 Å². The van der Waals surface area contributed by atoms with Gasteiger partial charge in [0.25, 0.3) is 0 Å². The van der Waals surface area contributed by atoms with Gasteiger partial charge in [0.05, 0.1) is 11.2 Å². The number of hydrogen-bond donors (Lipinski definition) is 1. The van der Waals surface area contributed by atoms with Crippen LogP contribution >= 0.6 is 0 Å². The standard InChI is InChI=1S/C16H14N2/c17-11-14-10-9-13-7-4-8-15(16(13)18-14)12-5-2-1-3-6-12/h1-10H,11,17H2. The molecule has 0 saturated carbocycles. The number of pyridine rings is 1. The molecule has 2 aromatic carbocycles. The zero-order chi connectivity index (χ0) is 12.4. The molecule has 0 fully saturated rings. The molecule has 3 rings (SSSR count). The van der Waals surface area contributed by atoms with Crippen molar-refractivity contribution in [3.05, 3.63) is 66.4 Å². The molecule has 1 heterocycles. The van der Waals surface area contributed by atoms with Crippen LogP contribution < -0.4 is 5.73 Å². The number of para-hydroxylation sites is 1. The molecule has 0 bridgehead atoms. The molecule has 2 nitrogen and oxygen atoms in total. The van der Waals surface area contributed by atoms with E-state index in [0.717, 1.165) is 22.2 Å². The number of hydrogen-bond acceptors (Lipinski definition) is 2. The number of rotatable bonds is 2. The second-order valence-electron chi connectivity index (χ2n) is 4.25. The topological polar surface area (TPSA) is 38.9 Å². The number of benzene rings is 2. The van der Waals surface area contributed by atoms with Crippen molar-refractivity contribution in [3.8, 4) is 11.1 Å². The summed E-state index contributed by atoms with van der Waals surface area (Å²) in [6.07, 6.45) is 0. The van der Waals surface area contributed by atoms with Crippen LogP contribution in [0, 0.1) is 0 Å². The first kappa shape index (κ1) is 10.9. The average Bonchev–Trinajstić information content (AvgIpc) is 2.47. The summed E-state index contributed by atoms with van der Waals surface area (Å²) < 4.78 is 0. The molecule has 0 amide bonds. The third-order valence-corrected chi connectivity index (χ3v) is 3.07. The van der Waals surface area contributed by atoms with Crippen molar-refractivity contribution in [1.82, 2.24) is 4.98 Å². The maximum Gasteiger partial charge on any atom is 0.0784 e. The van der Waals surface area contributed by atoms with Crippen LogP contribution in [0.5, 0.6) is 0 Å². The van der Waals surface area contributed by atoms with Gasteiger partial charge in [0.1, 0.15) is 0 Å². The molecule has 0 saturated heterocycles. The first-order chi connectivity index (χ1) is 8.88. The van der Waals surface area contributed by atoms with E-state index < -0.39 is 0 Å². The van der Waals surface area contributed by atoms with Gasteiger partial charge in [-0.05, 0) is 11.6 Å². The van der Waals surface area contributed by atoms with Gasteiger partial charge in [0.15, 0.2) is 0 Å². The van der Waals surface area contributed by atoms with E-state index in [-0.39, 0.29) is 0 Å². The highest BCUT2D eigenvalue weighted by molar-refractivity contribution is 5.93. The lowest BCUT2D eigenvalue weighted by Crippen LogP contribution is -1.99. The summed E-state index contributed by atoms with van der Waals surface area (Å²) in [6.45, 7) is 0.471. The van der Waals surface area contributed by atoms with Crippen molar-refractivity contribution in [3.63, 3.8) is 0 Å².